The molecule has 4 rings (SSSR count). The molecule has 1 amide bonds. The largest absolute Gasteiger partial charge is 0.399 e. The van der Waals surface area contributed by atoms with Gasteiger partial charge in [-0.3, -0.25) is 14.7 Å². The molecule has 0 radical (unpaired) electrons. The van der Waals surface area contributed by atoms with Gasteiger partial charge in [-0.1, -0.05) is 6.07 Å². The Morgan fingerprint density at radius 1 is 1.29 bits per heavy atom. The van der Waals surface area contributed by atoms with Crippen molar-refractivity contribution in [3.63, 3.8) is 0 Å². The molecule has 0 spiro atoms. The molecule has 1 aliphatic heterocycles. The normalized spacial score (nSPS) is 16.5. The highest BCUT2D eigenvalue weighted by molar-refractivity contribution is 5.93. The number of hydrogen-bond acceptors (Lipinski definition) is 5. The van der Waals surface area contributed by atoms with Crippen molar-refractivity contribution in [3.8, 4) is 16.9 Å². The molecule has 1 aliphatic rings. The number of H-pyrrole nitrogens is 1. The molecule has 8 heteroatoms. The van der Waals surface area contributed by atoms with E-state index in [9.17, 15) is 9.59 Å². The number of aromatic nitrogens is 3. The van der Waals surface area contributed by atoms with Gasteiger partial charge in [0.25, 0.3) is 11.5 Å². The molecular weight excluding hydrogens is 392 g/mol. The number of anilines is 1. The lowest BCUT2D eigenvalue weighted by atomic mass is 10.0. The lowest BCUT2D eigenvalue weighted by Crippen LogP contribution is -2.31. The molecule has 1 fully saturated rings. The van der Waals surface area contributed by atoms with Gasteiger partial charge >= 0.3 is 0 Å². The van der Waals surface area contributed by atoms with Crippen LogP contribution in [0.25, 0.3) is 16.9 Å². The van der Waals surface area contributed by atoms with E-state index in [2.05, 4.69) is 27.3 Å². The number of aromatic amines is 1. The van der Waals surface area contributed by atoms with E-state index in [-0.39, 0.29) is 11.5 Å². The Morgan fingerprint density at radius 2 is 2.13 bits per heavy atom. The van der Waals surface area contributed by atoms with Gasteiger partial charge in [0.05, 0.1) is 11.1 Å². The third kappa shape index (κ3) is 4.39. The molecule has 1 saturated heterocycles. The molecule has 0 saturated carbocycles. The van der Waals surface area contributed by atoms with Crippen LogP contribution in [0.3, 0.4) is 0 Å². The lowest BCUT2D eigenvalue weighted by molar-refractivity contribution is 0.0950. The zero-order valence-corrected chi connectivity index (χ0v) is 17.9. The first-order valence-corrected chi connectivity index (χ1v) is 10.6. The number of amides is 1. The Hall–Kier alpha value is -3.39. The number of nitrogens with zero attached hydrogens (tertiary/aromatic N) is 3. The molecule has 4 N–H and O–H groups in total. The van der Waals surface area contributed by atoms with Crippen LogP contribution in [0.15, 0.2) is 47.5 Å². The lowest BCUT2D eigenvalue weighted by Gasteiger charge is -2.19. The van der Waals surface area contributed by atoms with Crippen molar-refractivity contribution < 1.29 is 4.79 Å². The van der Waals surface area contributed by atoms with Crippen LogP contribution in [0, 0.1) is 6.92 Å². The maximum Gasteiger partial charge on any atom is 0.280 e. The van der Waals surface area contributed by atoms with Gasteiger partial charge in [-0.25, -0.2) is 9.67 Å². The monoisotopic (exact) mass is 420 g/mol. The van der Waals surface area contributed by atoms with Crippen molar-refractivity contribution in [2.45, 2.75) is 32.2 Å². The van der Waals surface area contributed by atoms with Crippen molar-refractivity contribution in [3.05, 3.63) is 64.2 Å². The van der Waals surface area contributed by atoms with Crippen LogP contribution in [0.1, 0.15) is 35.2 Å². The van der Waals surface area contributed by atoms with Gasteiger partial charge in [0.15, 0.2) is 5.82 Å². The zero-order valence-electron chi connectivity index (χ0n) is 17.9. The zero-order chi connectivity index (χ0) is 22.0. The summed E-state index contributed by atoms with van der Waals surface area (Å²) in [6, 6.07) is 9.33. The van der Waals surface area contributed by atoms with Gasteiger partial charge < -0.3 is 16.0 Å². The van der Waals surface area contributed by atoms with E-state index in [0.29, 0.717) is 35.2 Å². The van der Waals surface area contributed by atoms with Crippen LogP contribution in [0.4, 0.5) is 5.69 Å². The Balaban J connectivity index is 1.44. The van der Waals surface area contributed by atoms with E-state index in [1.807, 2.05) is 19.1 Å². The fraction of sp³-hybridized carbons (Fsp3) is 0.348. The molecule has 0 aliphatic carbocycles. The highest BCUT2D eigenvalue weighted by Gasteiger charge is 2.20. The van der Waals surface area contributed by atoms with Gasteiger partial charge in [0.1, 0.15) is 0 Å². The minimum absolute atomic E-state index is 0.156. The second kappa shape index (κ2) is 8.77. The number of rotatable bonds is 6. The first-order chi connectivity index (χ1) is 14.9. The second-order valence-corrected chi connectivity index (χ2v) is 8.13. The van der Waals surface area contributed by atoms with Crippen LogP contribution in [-0.4, -0.2) is 51.8 Å². The van der Waals surface area contributed by atoms with Crippen molar-refractivity contribution in [2.24, 2.45) is 0 Å². The predicted octanol–water partition coefficient (Wildman–Crippen LogP) is 2.33. The Labute approximate surface area is 181 Å². The number of carbonyl (C=O) groups is 1. The van der Waals surface area contributed by atoms with E-state index < -0.39 is 0 Å². The average molecular weight is 421 g/mol. The molecule has 1 unspecified atom stereocenters. The number of aryl methyl sites for hydroxylation is 1. The predicted molar refractivity (Wildman–Crippen MR) is 121 cm³/mol. The van der Waals surface area contributed by atoms with Crippen molar-refractivity contribution in [1.29, 1.82) is 0 Å². The third-order valence-corrected chi connectivity index (χ3v) is 5.99. The summed E-state index contributed by atoms with van der Waals surface area (Å²) in [6.45, 7) is 3.68. The van der Waals surface area contributed by atoms with Crippen LogP contribution < -0.4 is 16.6 Å². The summed E-state index contributed by atoms with van der Waals surface area (Å²) >= 11 is 0. The summed E-state index contributed by atoms with van der Waals surface area (Å²) < 4.78 is 1.36. The third-order valence-electron chi connectivity index (χ3n) is 5.99. The number of likely N-dealkylation sites (tertiary alicyclic amines) is 1. The average Bonchev–Trinajstić information content (AvgIpc) is 3.34. The summed E-state index contributed by atoms with van der Waals surface area (Å²) in [5.41, 5.74) is 9.01. The molecule has 0 bridgehead atoms. The molecule has 3 aromatic rings. The molecule has 31 heavy (non-hydrogen) atoms. The molecule has 162 valence electrons. The first-order valence-electron chi connectivity index (χ1n) is 10.6. The van der Waals surface area contributed by atoms with E-state index in [4.69, 9.17) is 5.73 Å². The number of carbonyl (C=O) groups excluding carboxylic acids is 1. The van der Waals surface area contributed by atoms with Gasteiger partial charge in [-0.15, -0.1) is 0 Å². The van der Waals surface area contributed by atoms with Gasteiger partial charge in [-0.2, -0.15) is 0 Å². The molecule has 3 heterocycles. The molecule has 1 aromatic carbocycles. The highest BCUT2D eigenvalue weighted by Crippen LogP contribution is 2.22. The second-order valence-electron chi connectivity index (χ2n) is 8.13. The van der Waals surface area contributed by atoms with Crippen molar-refractivity contribution in [2.75, 3.05) is 25.9 Å². The quantitative estimate of drug-likeness (QED) is 0.530. The Kier molecular flexibility index (Phi) is 5.90. The number of nitrogens with one attached hydrogen (secondary N) is 2. The number of benzene rings is 1. The SMILES string of the molecule is Cc1cc(N)ccc1-c1c[nH]n(-c2ccc(C(=O)NCCC3CCCN3C)cn2)c1=O. The van der Waals surface area contributed by atoms with Crippen LogP contribution in [-0.2, 0) is 0 Å². The number of hydrogen-bond donors (Lipinski definition) is 3. The maximum absolute atomic E-state index is 12.9. The molecular formula is C23H28N6O2. The van der Waals surface area contributed by atoms with E-state index >= 15 is 0 Å². The fourth-order valence-electron chi connectivity index (χ4n) is 4.17. The van der Waals surface area contributed by atoms with Gasteiger partial charge in [0, 0.05) is 30.7 Å². The molecule has 1 atom stereocenters. The van der Waals surface area contributed by atoms with Crippen molar-refractivity contribution >= 4 is 11.6 Å². The van der Waals surface area contributed by atoms with Crippen LogP contribution in [0.2, 0.25) is 0 Å². The first kappa shape index (κ1) is 20.9. The minimum atomic E-state index is -0.210. The summed E-state index contributed by atoms with van der Waals surface area (Å²) in [5, 5.41) is 5.92. The van der Waals surface area contributed by atoms with E-state index in [0.717, 1.165) is 24.1 Å². The highest BCUT2D eigenvalue weighted by atomic mass is 16.1. The van der Waals surface area contributed by atoms with Gasteiger partial charge in [-0.05, 0) is 75.2 Å². The number of pyridine rings is 1. The van der Waals surface area contributed by atoms with E-state index in [1.54, 1.807) is 24.4 Å². The Morgan fingerprint density at radius 3 is 2.81 bits per heavy atom. The van der Waals surface area contributed by atoms with Crippen LogP contribution >= 0.6 is 0 Å². The summed E-state index contributed by atoms with van der Waals surface area (Å²) in [6.07, 6.45) is 6.50. The summed E-state index contributed by atoms with van der Waals surface area (Å²) in [4.78, 5) is 32.0. The number of nitrogen functional groups attached to an aromatic ring is 1. The Bertz CT molecular complexity index is 1130. The maximum atomic E-state index is 12.9. The van der Waals surface area contributed by atoms with Gasteiger partial charge in [0.2, 0.25) is 0 Å². The van der Waals surface area contributed by atoms with E-state index in [1.165, 1.54) is 23.7 Å². The smallest absolute Gasteiger partial charge is 0.280 e. The molecule has 8 nitrogen and oxygen atoms in total. The summed E-state index contributed by atoms with van der Waals surface area (Å²) in [7, 11) is 2.13. The minimum Gasteiger partial charge on any atom is -0.399 e. The summed E-state index contributed by atoms with van der Waals surface area (Å²) in [5.74, 6) is 0.269. The fourth-order valence-corrected chi connectivity index (χ4v) is 4.17. The topological polar surface area (TPSA) is 109 Å². The molecule has 2 aromatic heterocycles. The van der Waals surface area contributed by atoms with Crippen LogP contribution in [0.5, 0.6) is 0 Å². The van der Waals surface area contributed by atoms with Crippen molar-refractivity contribution in [1.82, 2.24) is 25.0 Å². The standard InChI is InChI=1S/C23H28N6O2/c1-15-12-17(24)6-7-19(15)20-14-27-29(23(20)31)21-8-5-16(13-26-21)22(30)25-10-9-18-4-3-11-28(18)2/h5-8,12-14,18,27H,3-4,9-11,24H2,1-2H3,(H,25,30). The number of nitrogens with two attached hydrogens (primary N) is 1.